The summed E-state index contributed by atoms with van der Waals surface area (Å²) in [4.78, 5) is 11.8. The predicted molar refractivity (Wildman–Crippen MR) is 120 cm³/mol. The van der Waals surface area contributed by atoms with Crippen LogP contribution in [-0.2, 0) is 20.7 Å². The minimum atomic E-state index is -0.221. The summed E-state index contributed by atoms with van der Waals surface area (Å²) < 4.78 is 18.4. The quantitative estimate of drug-likeness (QED) is 0.631. The van der Waals surface area contributed by atoms with Crippen molar-refractivity contribution in [3.05, 3.63) is 29.3 Å². The summed E-state index contributed by atoms with van der Waals surface area (Å²) in [7, 11) is 1.44. The standard InChI is InChI=1S/C26H39NO4.ClH/c1-18(2)7-5-10-25(3)21-15-26(11-6-12-27-16-26)17-30-24(21)20-13-19(14-23(28)29-4)8-9-22(20)31-25;/h8-9,13,18,21,24,27H,5-7,10-12,14-17H2,1-4H3;1H/t21-,24+,25+,26+;/m1./s1. The molecule has 3 aliphatic rings. The number of esters is 1. The summed E-state index contributed by atoms with van der Waals surface area (Å²) in [5.74, 6) is 1.75. The number of hydrogen-bond donors (Lipinski definition) is 1. The second kappa shape index (κ2) is 10.3. The molecule has 2 fully saturated rings. The molecule has 6 heteroatoms. The number of carbonyl (C=O) groups excluding carboxylic acids is 1. The molecular weight excluding hydrogens is 426 g/mol. The zero-order chi connectivity index (χ0) is 22.1. The highest BCUT2D eigenvalue weighted by molar-refractivity contribution is 5.72. The molecule has 3 aliphatic heterocycles. The Morgan fingerprint density at radius 1 is 1.34 bits per heavy atom. The number of benzene rings is 1. The number of carbonyl (C=O) groups is 1. The summed E-state index contributed by atoms with van der Waals surface area (Å²) >= 11 is 0. The third-order valence-electron chi connectivity index (χ3n) is 7.82. The van der Waals surface area contributed by atoms with E-state index < -0.39 is 0 Å². The van der Waals surface area contributed by atoms with Crippen molar-refractivity contribution in [1.82, 2.24) is 0 Å². The molecule has 2 saturated heterocycles. The topological polar surface area (TPSA) is 61.4 Å². The normalized spacial score (nSPS) is 31.3. The molecule has 1 aromatic rings. The Hall–Kier alpha value is -1.30. The molecular formula is C26H40ClNO4. The largest absolute Gasteiger partial charge is 1.00 e. The number of quaternary nitrogens is 1. The van der Waals surface area contributed by atoms with E-state index in [1.54, 1.807) is 0 Å². The van der Waals surface area contributed by atoms with Gasteiger partial charge in [0.25, 0.3) is 0 Å². The molecule has 0 aromatic heterocycles. The molecule has 2 N–H and O–H groups in total. The highest BCUT2D eigenvalue weighted by Crippen LogP contribution is 2.55. The SMILES string of the molecule is COC(=O)Cc1ccc2c(c1)[C@@H]1OC[C@@]3(CCC[NH2+]C3)C[C@H]1[C@](C)(CCCC(C)C)O2.[Cl-]. The van der Waals surface area contributed by atoms with Crippen LogP contribution in [0.3, 0.4) is 0 Å². The molecule has 1 spiro atoms. The Morgan fingerprint density at radius 3 is 2.84 bits per heavy atom. The highest BCUT2D eigenvalue weighted by atomic mass is 35.5. The Morgan fingerprint density at radius 2 is 2.16 bits per heavy atom. The fourth-order valence-electron chi connectivity index (χ4n) is 5.99. The molecule has 0 saturated carbocycles. The first-order valence-electron chi connectivity index (χ1n) is 12.2. The Balaban J connectivity index is 0.00000289. The Kier molecular flexibility index (Phi) is 8.16. The number of rotatable bonds is 6. The summed E-state index contributed by atoms with van der Waals surface area (Å²) in [6.07, 6.45) is 7.46. The smallest absolute Gasteiger partial charge is 0.309 e. The van der Waals surface area contributed by atoms with Gasteiger partial charge in [0.1, 0.15) is 11.4 Å². The fourth-order valence-corrected chi connectivity index (χ4v) is 5.99. The van der Waals surface area contributed by atoms with Gasteiger partial charge in [-0.05, 0) is 62.6 Å². The molecule has 180 valence electrons. The van der Waals surface area contributed by atoms with Crippen LogP contribution >= 0.6 is 0 Å². The van der Waals surface area contributed by atoms with E-state index in [-0.39, 0.29) is 41.9 Å². The van der Waals surface area contributed by atoms with E-state index in [2.05, 4.69) is 32.2 Å². The van der Waals surface area contributed by atoms with Crippen LogP contribution in [-0.4, -0.2) is 38.4 Å². The Labute approximate surface area is 199 Å². The van der Waals surface area contributed by atoms with Crippen LogP contribution in [0.5, 0.6) is 5.75 Å². The van der Waals surface area contributed by atoms with E-state index in [0.29, 0.717) is 11.8 Å². The predicted octanol–water partition coefficient (Wildman–Crippen LogP) is 0.805. The minimum absolute atomic E-state index is 0. The Bertz CT molecular complexity index is 792. The lowest BCUT2D eigenvalue weighted by atomic mass is 9.64. The van der Waals surface area contributed by atoms with Gasteiger partial charge in [0.2, 0.25) is 0 Å². The van der Waals surface area contributed by atoms with Crippen LogP contribution in [0.1, 0.15) is 76.5 Å². The summed E-state index contributed by atoms with van der Waals surface area (Å²) in [5, 5.41) is 2.47. The van der Waals surface area contributed by atoms with Crippen molar-refractivity contribution in [1.29, 1.82) is 0 Å². The molecule has 0 bridgehead atoms. The van der Waals surface area contributed by atoms with Crippen molar-refractivity contribution in [2.45, 2.75) is 77.4 Å². The van der Waals surface area contributed by atoms with E-state index in [1.807, 2.05) is 12.1 Å². The van der Waals surface area contributed by atoms with Crippen molar-refractivity contribution in [3.8, 4) is 5.75 Å². The number of nitrogens with two attached hydrogens (primary N) is 1. The first kappa shape index (κ1) is 25.3. The van der Waals surface area contributed by atoms with Crippen LogP contribution in [0.15, 0.2) is 18.2 Å². The average molecular weight is 466 g/mol. The minimum Gasteiger partial charge on any atom is -1.00 e. The van der Waals surface area contributed by atoms with E-state index in [0.717, 1.165) is 42.9 Å². The molecule has 0 amide bonds. The molecule has 3 heterocycles. The van der Waals surface area contributed by atoms with Gasteiger partial charge in [0.05, 0.1) is 39.3 Å². The summed E-state index contributed by atoms with van der Waals surface area (Å²) in [5.41, 5.74) is 2.12. The van der Waals surface area contributed by atoms with Crippen molar-refractivity contribution < 1.29 is 36.7 Å². The molecule has 32 heavy (non-hydrogen) atoms. The maximum atomic E-state index is 11.8. The molecule has 4 atom stereocenters. The van der Waals surface area contributed by atoms with Gasteiger partial charge in [0.15, 0.2) is 0 Å². The summed E-state index contributed by atoms with van der Waals surface area (Å²) in [6.45, 7) is 10.1. The number of ether oxygens (including phenoxy) is 3. The lowest BCUT2D eigenvalue weighted by molar-refractivity contribution is -0.678. The van der Waals surface area contributed by atoms with Gasteiger partial charge in [-0.25, -0.2) is 0 Å². The second-order valence-electron chi connectivity index (χ2n) is 10.8. The van der Waals surface area contributed by atoms with Gasteiger partial charge in [-0.3, -0.25) is 4.79 Å². The van der Waals surface area contributed by atoms with Crippen LogP contribution in [0.4, 0.5) is 0 Å². The number of halogens is 1. The molecule has 0 unspecified atom stereocenters. The maximum absolute atomic E-state index is 11.8. The zero-order valence-corrected chi connectivity index (χ0v) is 20.9. The van der Waals surface area contributed by atoms with E-state index >= 15 is 0 Å². The molecule has 1 aromatic carbocycles. The van der Waals surface area contributed by atoms with Crippen LogP contribution in [0.2, 0.25) is 0 Å². The van der Waals surface area contributed by atoms with Gasteiger partial charge in [0, 0.05) is 16.9 Å². The molecule has 4 rings (SSSR count). The van der Waals surface area contributed by atoms with Crippen LogP contribution < -0.4 is 22.5 Å². The molecule has 0 radical (unpaired) electrons. The van der Waals surface area contributed by atoms with Gasteiger partial charge in [-0.15, -0.1) is 0 Å². The van der Waals surface area contributed by atoms with Crippen molar-refractivity contribution in [2.75, 3.05) is 26.8 Å². The monoisotopic (exact) mass is 465 g/mol. The van der Waals surface area contributed by atoms with E-state index in [1.165, 1.54) is 39.3 Å². The molecule has 0 aliphatic carbocycles. The van der Waals surface area contributed by atoms with E-state index in [9.17, 15) is 4.79 Å². The third-order valence-corrected chi connectivity index (χ3v) is 7.82. The lowest BCUT2D eigenvalue weighted by Gasteiger charge is -2.54. The number of methoxy groups -OCH3 is 1. The number of hydrogen-bond acceptors (Lipinski definition) is 4. The van der Waals surface area contributed by atoms with Gasteiger partial charge < -0.3 is 31.9 Å². The van der Waals surface area contributed by atoms with Gasteiger partial charge in [-0.2, -0.15) is 0 Å². The number of fused-ring (bicyclic) bond motifs is 3. The van der Waals surface area contributed by atoms with Crippen molar-refractivity contribution >= 4 is 5.97 Å². The first-order valence-corrected chi connectivity index (χ1v) is 12.2. The lowest BCUT2D eigenvalue weighted by Crippen LogP contribution is -3.00. The maximum Gasteiger partial charge on any atom is 0.309 e. The molecule has 5 nitrogen and oxygen atoms in total. The van der Waals surface area contributed by atoms with Crippen molar-refractivity contribution in [2.24, 2.45) is 17.3 Å². The van der Waals surface area contributed by atoms with Crippen molar-refractivity contribution in [3.63, 3.8) is 0 Å². The first-order chi connectivity index (χ1) is 14.8. The average Bonchev–Trinajstić information content (AvgIpc) is 2.75. The van der Waals surface area contributed by atoms with Crippen LogP contribution in [0, 0.1) is 17.3 Å². The fraction of sp³-hybridized carbons (Fsp3) is 0.731. The highest BCUT2D eigenvalue weighted by Gasteiger charge is 2.54. The zero-order valence-electron chi connectivity index (χ0n) is 20.1. The van der Waals surface area contributed by atoms with Crippen LogP contribution in [0.25, 0.3) is 0 Å². The third kappa shape index (κ3) is 5.26. The second-order valence-corrected chi connectivity index (χ2v) is 10.8. The van der Waals surface area contributed by atoms with E-state index in [4.69, 9.17) is 14.2 Å². The van der Waals surface area contributed by atoms with Gasteiger partial charge >= 0.3 is 5.97 Å². The number of piperidine rings is 1. The summed E-state index contributed by atoms with van der Waals surface area (Å²) in [6, 6.07) is 6.14. The van der Waals surface area contributed by atoms with Gasteiger partial charge in [-0.1, -0.05) is 26.3 Å².